The van der Waals surface area contributed by atoms with Crippen LogP contribution in [-0.4, -0.2) is 19.9 Å². The molecule has 36 heavy (non-hydrogen) atoms. The molecular formula is C32H22N4. The van der Waals surface area contributed by atoms with Gasteiger partial charge in [0.2, 0.25) is 0 Å². The van der Waals surface area contributed by atoms with E-state index in [1.807, 2.05) is 60.8 Å². The molecule has 4 nitrogen and oxygen atoms in total. The van der Waals surface area contributed by atoms with Crippen molar-refractivity contribution in [3.8, 4) is 56.3 Å². The van der Waals surface area contributed by atoms with Crippen molar-refractivity contribution < 1.29 is 0 Å². The van der Waals surface area contributed by atoms with Crippen LogP contribution in [0.15, 0.2) is 134 Å². The highest BCUT2D eigenvalue weighted by atomic mass is 14.8. The van der Waals surface area contributed by atoms with E-state index in [0.717, 1.165) is 56.3 Å². The molecule has 6 rings (SSSR count). The molecule has 0 aliphatic heterocycles. The molecule has 2 aromatic carbocycles. The Balaban J connectivity index is 1.38. The van der Waals surface area contributed by atoms with E-state index in [4.69, 9.17) is 4.98 Å². The number of hydrogen-bond acceptors (Lipinski definition) is 4. The third kappa shape index (κ3) is 4.52. The van der Waals surface area contributed by atoms with Crippen molar-refractivity contribution in [1.82, 2.24) is 19.9 Å². The van der Waals surface area contributed by atoms with Gasteiger partial charge in [-0.1, -0.05) is 60.7 Å². The van der Waals surface area contributed by atoms with Gasteiger partial charge < -0.3 is 0 Å². The zero-order valence-electron chi connectivity index (χ0n) is 19.5. The smallest absolute Gasteiger partial charge is 0.0900 e. The van der Waals surface area contributed by atoms with Gasteiger partial charge in [0.05, 0.1) is 28.5 Å². The third-order valence-electron chi connectivity index (χ3n) is 6.05. The van der Waals surface area contributed by atoms with Crippen molar-refractivity contribution in [3.63, 3.8) is 0 Å². The number of pyridine rings is 4. The van der Waals surface area contributed by atoms with Crippen molar-refractivity contribution in [1.29, 1.82) is 0 Å². The predicted octanol–water partition coefficient (Wildman–Crippen LogP) is 7.60. The summed E-state index contributed by atoms with van der Waals surface area (Å²) in [6.45, 7) is 0. The molecule has 4 aromatic heterocycles. The summed E-state index contributed by atoms with van der Waals surface area (Å²) in [4.78, 5) is 18.4. The molecule has 6 aromatic rings. The van der Waals surface area contributed by atoms with Gasteiger partial charge in [-0.15, -0.1) is 0 Å². The monoisotopic (exact) mass is 462 g/mol. The van der Waals surface area contributed by atoms with Crippen LogP contribution in [-0.2, 0) is 0 Å². The van der Waals surface area contributed by atoms with Gasteiger partial charge in [-0.3, -0.25) is 15.0 Å². The molecule has 0 unspecified atom stereocenters. The van der Waals surface area contributed by atoms with Crippen molar-refractivity contribution in [2.75, 3.05) is 0 Å². The Morgan fingerprint density at radius 2 is 0.806 bits per heavy atom. The summed E-state index contributed by atoms with van der Waals surface area (Å²) in [7, 11) is 0. The van der Waals surface area contributed by atoms with Gasteiger partial charge in [0.15, 0.2) is 0 Å². The molecule has 0 saturated heterocycles. The van der Waals surface area contributed by atoms with E-state index in [2.05, 4.69) is 75.6 Å². The van der Waals surface area contributed by atoms with E-state index in [1.54, 1.807) is 12.4 Å². The second-order valence-corrected chi connectivity index (χ2v) is 8.43. The molecule has 0 radical (unpaired) electrons. The first-order chi connectivity index (χ1) is 17.8. The quantitative estimate of drug-likeness (QED) is 0.265. The molecule has 4 heteroatoms. The molecule has 0 aliphatic rings. The molecule has 0 saturated carbocycles. The Labute approximate surface area is 210 Å². The Kier molecular flexibility index (Phi) is 5.83. The van der Waals surface area contributed by atoms with Gasteiger partial charge in [-0.2, -0.15) is 0 Å². The molecule has 0 N–H and O–H groups in total. The summed E-state index contributed by atoms with van der Waals surface area (Å²) >= 11 is 0. The number of hydrogen-bond donors (Lipinski definition) is 0. The molecule has 0 amide bonds. The van der Waals surface area contributed by atoms with E-state index in [1.165, 1.54) is 0 Å². The van der Waals surface area contributed by atoms with Crippen molar-refractivity contribution in [3.05, 3.63) is 134 Å². The van der Waals surface area contributed by atoms with Crippen LogP contribution in [0.3, 0.4) is 0 Å². The van der Waals surface area contributed by atoms with Crippen LogP contribution in [0.1, 0.15) is 0 Å². The predicted molar refractivity (Wildman–Crippen MR) is 145 cm³/mol. The van der Waals surface area contributed by atoms with Crippen molar-refractivity contribution in [2.24, 2.45) is 0 Å². The standard InChI is InChI=1S/C32H22N4/c1-4-17-33-28(10-1)26-9-7-8-25(20-26)23-13-15-24(16-14-23)27-21-31(29-11-2-5-18-34-29)36-32(22-27)30-12-3-6-19-35-30/h1-22H. The minimum absolute atomic E-state index is 0.820. The molecule has 0 aliphatic carbocycles. The van der Waals surface area contributed by atoms with Crippen LogP contribution < -0.4 is 0 Å². The number of rotatable bonds is 5. The molecule has 0 bridgehead atoms. The number of nitrogens with zero attached hydrogens (tertiary/aromatic N) is 4. The van der Waals surface area contributed by atoms with Gasteiger partial charge >= 0.3 is 0 Å². The van der Waals surface area contributed by atoms with Crippen molar-refractivity contribution in [2.45, 2.75) is 0 Å². The first-order valence-corrected chi connectivity index (χ1v) is 11.8. The normalized spacial score (nSPS) is 10.8. The molecule has 0 spiro atoms. The van der Waals surface area contributed by atoms with Crippen LogP contribution >= 0.6 is 0 Å². The van der Waals surface area contributed by atoms with E-state index in [9.17, 15) is 0 Å². The Hall–Kier alpha value is -4.96. The number of aromatic nitrogens is 4. The van der Waals surface area contributed by atoms with Gasteiger partial charge in [-0.05, 0) is 76.9 Å². The van der Waals surface area contributed by atoms with Crippen LogP contribution in [0, 0.1) is 0 Å². The lowest BCUT2D eigenvalue weighted by Crippen LogP contribution is -1.94. The van der Waals surface area contributed by atoms with E-state index in [-0.39, 0.29) is 0 Å². The zero-order valence-corrected chi connectivity index (χ0v) is 19.5. The fourth-order valence-electron chi connectivity index (χ4n) is 4.23. The summed E-state index contributed by atoms with van der Waals surface area (Å²) < 4.78 is 0. The minimum Gasteiger partial charge on any atom is -0.256 e. The maximum absolute atomic E-state index is 4.87. The fraction of sp³-hybridized carbons (Fsp3) is 0. The van der Waals surface area contributed by atoms with Gasteiger partial charge in [0.25, 0.3) is 0 Å². The SMILES string of the molecule is c1ccc(-c2cccc(-c3ccc(-c4cc(-c5ccccn5)nc(-c5ccccn5)c4)cc3)c2)nc1. The molecule has 4 heterocycles. The summed E-state index contributed by atoms with van der Waals surface area (Å²) in [6, 6.07) is 39.0. The van der Waals surface area contributed by atoms with Gasteiger partial charge in [0, 0.05) is 24.2 Å². The summed E-state index contributed by atoms with van der Waals surface area (Å²) in [6.07, 6.45) is 5.40. The van der Waals surface area contributed by atoms with Crippen LogP contribution in [0.4, 0.5) is 0 Å². The Morgan fingerprint density at radius 1 is 0.306 bits per heavy atom. The fourth-order valence-corrected chi connectivity index (χ4v) is 4.23. The second kappa shape index (κ2) is 9.72. The van der Waals surface area contributed by atoms with Crippen molar-refractivity contribution >= 4 is 0 Å². The zero-order chi connectivity index (χ0) is 24.2. The van der Waals surface area contributed by atoms with Crippen LogP contribution in [0.2, 0.25) is 0 Å². The molecule has 0 fully saturated rings. The molecule has 0 atom stereocenters. The van der Waals surface area contributed by atoms with Gasteiger partial charge in [-0.25, -0.2) is 4.98 Å². The lowest BCUT2D eigenvalue weighted by atomic mass is 9.97. The highest BCUT2D eigenvalue weighted by Gasteiger charge is 2.11. The average Bonchev–Trinajstić information content (AvgIpc) is 2.98. The van der Waals surface area contributed by atoms with E-state index in [0.29, 0.717) is 0 Å². The maximum atomic E-state index is 4.87. The van der Waals surface area contributed by atoms with E-state index < -0.39 is 0 Å². The largest absolute Gasteiger partial charge is 0.256 e. The highest BCUT2D eigenvalue weighted by Crippen LogP contribution is 2.31. The van der Waals surface area contributed by atoms with Crippen LogP contribution in [0.25, 0.3) is 56.3 Å². The topological polar surface area (TPSA) is 51.6 Å². The Bertz CT molecular complexity index is 1540. The molecular weight excluding hydrogens is 440 g/mol. The average molecular weight is 463 g/mol. The first-order valence-electron chi connectivity index (χ1n) is 11.8. The highest BCUT2D eigenvalue weighted by molar-refractivity contribution is 5.77. The third-order valence-corrected chi connectivity index (χ3v) is 6.05. The van der Waals surface area contributed by atoms with E-state index >= 15 is 0 Å². The van der Waals surface area contributed by atoms with Gasteiger partial charge in [0.1, 0.15) is 0 Å². The lowest BCUT2D eigenvalue weighted by molar-refractivity contribution is 1.22. The maximum Gasteiger partial charge on any atom is 0.0900 e. The second-order valence-electron chi connectivity index (χ2n) is 8.43. The summed E-state index contributed by atoms with van der Waals surface area (Å²) in [5.74, 6) is 0. The first kappa shape index (κ1) is 21.6. The summed E-state index contributed by atoms with van der Waals surface area (Å²) in [5, 5.41) is 0. The minimum atomic E-state index is 0.820. The number of benzene rings is 2. The Morgan fingerprint density at radius 3 is 1.33 bits per heavy atom. The lowest BCUT2D eigenvalue weighted by Gasteiger charge is -2.10. The van der Waals surface area contributed by atoms with Crippen LogP contribution in [0.5, 0.6) is 0 Å². The molecule has 170 valence electrons. The summed E-state index contributed by atoms with van der Waals surface area (Å²) in [5.41, 5.74) is 9.86.